The maximum Gasteiger partial charge on any atom is 0.233 e. The van der Waals surface area contributed by atoms with Crippen LogP contribution in [0.25, 0.3) is 0 Å². The van der Waals surface area contributed by atoms with E-state index in [9.17, 15) is 0 Å². The lowest BCUT2D eigenvalue weighted by molar-refractivity contribution is 0.291. The van der Waals surface area contributed by atoms with Crippen LogP contribution in [-0.2, 0) is 6.61 Å². The fourth-order valence-corrected chi connectivity index (χ4v) is 1.79. The minimum absolute atomic E-state index is 0.413. The second-order valence-electron chi connectivity index (χ2n) is 3.74. The zero-order valence-corrected chi connectivity index (χ0v) is 12.3. The zero-order chi connectivity index (χ0) is 13.7. The number of hydrogen-bond donors (Lipinski definition) is 1. The molecule has 5 nitrogen and oxygen atoms in total. The highest BCUT2D eigenvalue weighted by Crippen LogP contribution is 2.23. The number of nitrogens with one attached hydrogen (secondary N) is 1. The number of ether oxygens (including phenoxy) is 2. The Bertz CT molecular complexity index is 563. The topological polar surface area (TPSA) is 56.3 Å². The summed E-state index contributed by atoms with van der Waals surface area (Å²) >= 11 is 3.36. The molecule has 0 unspecified atom stereocenters. The Morgan fingerprint density at radius 3 is 2.95 bits per heavy atom. The smallest absolute Gasteiger partial charge is 0.233 e. The molecule has 0 bridgehead atoms. The van der Waals surface area contributed by atoms with Gasteiger partial charge in [-0.25, -0.2) is 4.98 Å². The van der Waals surface area contributed by atoms with E-state index in [-0.39, 0.29) is 0 Å². The third-order valence-electron chi connectivity index (χ3n) is 2.45. The average Bonchev–Trinajstić information content (AvgIpc) is 2.46. The normalized spacial score (nSPS) is 10.1. The van der Waals surface area contributed by atoms with Crippen LogP contribution in [0.2, 0.25) is 0 Å². The van der Waals surface area contributed by atoms with Gasteiger partial charge in [0.05, 0.1) is 17.8 Å². The molecule has 0 saturated heterocycles. The lowest BCUT2D eigenvalue weighted by Gasteiger charge is -2.09. The van der Waals surface area contributed by atoms with Crippen molar-refractivity contribution in [3.63, 3.8) is 0 Å². The average molecular weight is 324 g/mol. The monoisotopic (exact) mass is 323 g/mol. The number of rotatable bonds is 5. The number of benzene rings is 1. The first kappa shape index (κ1) is 13.6. The molecule has 0 spiro atoms. The van der Waals surface area contributed by atoms with E-state index in [0.717, 1.165) is 15.8 Å². The Hall–Kier alpha value is -1.82. The van der Waals surface area contributed by atoms with Crippen LogP contribution < -0.4 is 14.8 Å². The molecule has 0 amide bonds. The van der Waals surface area contributed by atoms with E-state index in [4.69, 9.17) is 9.47 Å². The van der Waals surface area contributed by atoms with E-state index in [2.05, 4.69) is 31.2 Å². The third kappa shape index (κ3) is 3.57. The minimum Gasteiger partial charge on any atom is -0.497 e. The first-order valence-corrected chi connectivity index (χ1v) is 6.48. The maximum atomic E-state index is 5.67. The largest absolute Gasteiger partial charge is 0.497 e. The second-order valence-corrected chi connectivity index (χ2v) is 4.59. The highest BCUT2D eigenvalue weighted by Gasteiger charge is 2.06. The van der Waals surface area contributed by atoms with Crippen LogP contribution in [0.3, 0.4) is 0 Å². The van der Waals surface area contributed by atoms with E-state index >= 15 is 0 Å². The Kier molecular flexibility index (Phi) is 4.57. The van der Waals surface area contributed by atoms with Gasteiger partial charge in [0.2, 0.25) is 11.8 Å². The van der Waals surface area contributed by atoms with Gasteiger partial charge in [0.1, 0.15) is 12.4 Å². The highest BCUT2D eigenvalue weighted by molar-refractivity contribution is 9.10. The molecule has 0 radical (unpaired) electrons. The van der Waals surface area contributed by atoms with Gasteiger partial charge < -0.3 is 14.8 Å². The van der Waals surface area contributed by atoms with Gasteiger partial charge in [-0.1, -0.05) is 12.1 Å². The van der Waals surface area contributed by atoms with Crippen LogP contribution in [-0.4, -0.2) is 24.1 Å². The van der Waals surface area contributed by atoms with E-state index in [1.54, 1.807) is 20.4 Å². The molecule has 2 aromatic rings. The molecule has 1 aromatic heterocycles. The molecule has 0 saturated carbocycles. The van der Waals surface area contributed by atoms with Crippen molar-refractivity contribution in [2.75, 3.05) is 19.5 Å². The first-order chi connectivity index (χ1) is 9.22. The Labute approximate surface area is 120 Å². The summed E-state index contributed by atoms with van der Waals surface area (Å²) < 4.78 is 11.6. The van der Waals surface area contributed by atoms with E-state index in [0.29, 0.717) is 18.4 Å². The zero-order valence-electron chi connectivity index (χ0n) is 10.7. The standard InChI is InChI=1S/C13H14BrN3O2/c1-15-13-16-7-11(14)12(17-13)19-8-9-4-3-5-10(6-9)18-2/h3-7H,8H2,1-2H3,(H,15,16,17). The molecule has 6 heteroatoms. The van der Waals surface area contributed by atoms with Crippen molar-refractivity contribution in [1.29, 1.82) is 0 Å². The molecule has 0 fully saturated rings. The number of aromatic nitrogens is 2. The summed E-state index contributed by atoms with van der Waals surface area (Å²) in [7, 11) is 3.40. The Balaban J connectivity index is 2.09. The molecule has 0 aliphatic carbocycles. The number of halogens is 1. The summed E-state index contributed by atoms with van der Waals surface area (Å²) in [5.41, 5.74) is 1.01. The molecule has 19 heavy (non-hydrogen) atoms. The number of anilines is 1. The van der Waals surface area contributed by atoms with Crippen molar-refractivity contribution >= 4 is 21.9 Å². The van der Waals surface area contributed by atoms with Crippen LogP contribution in [0.4, 0.5) is 5.95 Å². The summed E-state index contributed by atoms with van der Waals surface area (Å²) in [6, 6.07) is 7.71. The molecule has 0 aliphatic rings. The van der Waals surface area contributed by atoms with Gasteiger partial charge in [-0.15, -0.1) is 0 Å². The van der Waals surface area contributed by atoms with Gasteiger partial charge >= 0.3 is 0 Å². The van der Waals surface area contributed by atoms with Crippen LogP contribution in [0, 0.1) is 0 Å². The predicted octanol–water partition coefficient (Wildman–Crippen LogP) is 2.87. The predicted molar refractivity (Wildman–Crippen MR) is 76.6 cm³/mol. The molecule has 2 rings (SSSR count). The number of nitrogens with zero attached hydrogens (tertiary/aromatic N) is 2. The SMILES string of the molecule is CNc1ncc(Br)c(OCc2cccc(OC)c2)n1. The molecule has 1 aromatic carbocycles. The van der Waals surface area contributed by atoms with E-state index in [1.807, 2.05) is 24.3 Å². The summed E-state index contributed by atoms with van der Waals surface area (Å²) in [5.74, 6) is 1.82. The first-order valence-electron chi connectivity index (χ1n) is 5.69. The van der Waals surface area contributed by atoms with Crippen LogP contribution >= 0.6 is 15.9 Å². The summed E-state index contributed by atoms with van der Waals surface area (Å²) in [6.45, 7) is 0.413. The summed E-state index contributed by atoms with van der Waals surface area (Å²) in [6.07, 6.45) is 1.65. The minimum atomic E-state index is 0.413. The van der Waals surface area contributed by atoms with Crippen molar-refractivity contribution in [2.24, 2.45) is 0 Å². The van der Waals surface area contributed by atoms with E-state index in [1.165, 1.54) is 0 Å². The van der Waals surface area contributed by atoms with Gasteiger partial charge in [0.25, 0.3) is 0 Å². The molecule has 1 N–H and O–H groups in total. The molecular weight excluding hydrogens is 310 g/mol. The fraction of sp³-hybridized carbons (Fsp3) is 0.231. The third-order valence-corrected chi connectivity index (χ3v) is 2.99. The van der Waals surface area contributed by atoms with Crippen LogP contribution in [0.5, 0.6) is 11.6 Å². The number of hydrogen-bond acceptors (Lipinski definition) is 5. The van der Waals surface area contributed by atoms with Gasteiger partial charge in [-0.3, -0.25) is 0 Å². The summed E-state index contributed by atoms with van der Waals surface area (Å²) in [4.78, 5) is 8.30. The fourth-order valence-electron chi connectivity index (χ4n) is 1.49. The summed E-state index contributed by atoms with van der Waals surface area (Å²) in [5, 5.41) is 2.87. The maximum absolute atomic E-state index is 5.67. The quantitative estimate of drug-likeness (QED) is 0.916. The second kappa shape index (κ2) is 6.38. The lowest BCUT2D eigenvalue weighted by atomic mass is 10.2. The van der Waals surface area contributed by atoms with E-state index < -0.39 is 0 Å². The van der Waals surface area contributed by atoms with Crippen molar-refractivity contribution in [3.8, 4) is 11.6 Å². The molecule has 1 heterocycles. The van der Waals surface area contributed by atoms with Gasteiger partial charge in [0.15, 0.2) is 0 Å². The van der Waals surface area contributed by atoms with Gasteiger partial charge in [-0.05, 0) is 33.6 Å². The van der Waals surface area contributed by atoms with Gasteiger partial charge in [0, 0.05) is 7.05 Å². The molecule has 100 valence electrons. The van der Waals surface area contributed by atoms with Crippen molar-refractivity contribution in [3.05, 3.63) is 40.5 Å². The van der Waals surface area contributed by atoms with Gasteiger partial charge in [-0.2, -0.15) is 4.98 Å². The Morgan fingerprint density at radius 1 is 1.37 bits per heavy atom. The molecular formula is C13H14BrN3O2. The van der Waals surface area contributed by atoms with Crippen LogP contribution in [0.1, 0.15) is 5.56 Å². The highest BCUT2D eigenvalue weighted by atomic mass is 79.9. The van der Waals surface area contributed by atoms with Crippen molar-refractivity contribution < 1.29 is 9.47 Å². The van der Waals surface area contributed by atoms with Crippen LogP contribution in [0.15, 0.2) is 34.9 Å². The Morgan fingerprint density at radius 2 is 2.21 bits per heavy atom. The molecule has 0 aliphatic heterocycles. The lowest BCUT2D eigenvalue weighted by Crippen LogP contribution is -2.02. The number of methoxy groups -OCH3 is 1. The van der Waals surface area contributed by atoms with Crippen molar-refractivity contribution in [2.45, 2.75) is 6.61 Å². The molecule has 0 atom stereocenters. The van der Waals surface area contributed by atoms with Crippen molar-refractivity contribution in [1.82, 2.24) is 9.97 Å².